The van der Waals surface area contributed by atoms with Crippen LogP contribution in [0.2, 0.25) is 0 Å². The molecule has 1 aromatic carbocycles. The number of likely N-dealkylation sites (tertiary alicyclic amines) is 1. The summed E-state index contributed by atoms with van der Waals surface area (Å²) in [6.07, 6.45) is 2.84. The van der Waals surface area contributed by atoms with E-state index in [0.717, 1.165) is 31.6 Å². The molecule has 1 aromatic rings. The third kappa shape index (κ3) is 3.41. The van der Waals surface area contributed by atoms with E-state index in [1.807, 2.05) is 17.0 Å². The van der Waals surface area contributed by atoms with Gasteiger partial charge in [-0.15, -0.1) is 0 Å². The molecule has 0 radical (unpaired) electrons. The topological polar surface area (TPSA) is 74.0 Å². The van der Waals surface area contributed by atoms with Gasteiger partial charge in [-0.3, -0.25) is 4.79 Å². The zero-order valence-electron chi connectivity index (χ0n) is 14.2. The third-order valence-corrected chi connectivity index (χ3v) is 4.90. The molecule has 6 heteroatoms. The van der Waals surface area contributed by atoms with Gasteiger partial charge in [0.05, 0.1) is 12.6 Å². The Morgan fingerprint density at radius 1 is 1.42 bits per heavy atom. The van der Waals surface area contributed by atoms with Gasteiger partial charge in [0.15, 0.2) is 0 Å². The number of amides is 1. The van der Waals surface area contributed by atoms with E-state index in [9.17, 15) is 4.79 Å². The van der Waals surface area contributed by atoms with Gasteiger partial charge in [0.1, 0.15) is 18.0 Å². The van der Waals surface area contributed by atoms with Crippen LogP contribution in [0.15, 0.2) is 24.3 Å². The van der Waals surface area contributed by atoms with Crippen LogP contribution < -0.4 is 10.5 Å². The van der Waals surface area contributed by atoms with Crippen molar-refractivity contribution in [2.75, 3.05) is 40.0 Å². The second kappa shape index (κ2) is 7.51. The number of methoxy groups -OCH3 is 1. The summed E-state index contributed by atoms with van der Waals surface area (Å²) in [5.74, 6) is 0.760. The summed E-state index contributed by atoms with van der Waals surface area (Å²) < 4.78 is 17.1. The summed E-state index contributed by atoms with van der Waals surface area (Å²) in [7, 11) is 1.73. The Morgan fingerprint density at radius 3 is 2.83 bits per heavy atom. The maximum Gasteiger partial charge on any atom is 0.253 e. The second-order valence-electron chi connectivity index (χ2n) is 6.42. The maximum atomic E-state index is 12.8. The Labute approximate surface area is 142 Å². The molecule has 0 aromatic heterocycles. The average molecular weight is 334 g/mol. The van der Waals surface area contributed by atoms with Gasteiger partial charge in [-0.2, -0.15) is 0 Å². The van der Waals surface area contributed by atoms with Gasteiger partial charge >= 0.3 is 0 Å². The van der Waals surface area contributed by atoms with Gasteiger partial charge in [-0.1, -0.05) is 0 Å². The van der Waals surface area contributed by atoms with Gasteiger partial charge in [0.2, 0.25) is 0 Å². The molecule has 132 valence electrons. The molecule has 0 aliphatic carbocycles. The van der Waals surface area contributed by atoms with Crippen LogP contribution in [0.3, 0.4) is 0 Å². The molecule has 0 saturated carbocycles. The molecule has 2 saturated heterocycles. The molecule has 6 nitrogen and oxygen atoms in total. The van der Waals surface area contributed by atoms with Gasteiger partial charge in [-0.25, -0.2) is 0 Å². The van der Waals surface area contributed by atoms with E-state index in [4.69, 9.17) is 19.9 Å². The SMILES string of the molecule is CO[C@H]1CCN(C(=O)c2ccc(OCCN)cc2)C[C@@]12CCCO2. The molecule has 3 rings (SSSR count). The molecule has 2 heterocycles. The first-order valence-electron chi connectivity index (χ1n) is 8.57. The van der Waals surface area contributed by atoms with Gasteiger partial charge < -0.3 is 24.8 Å². The van der Waals surface area contributed by atoms with Crippen molar-refractivity contribution in [3.8, 4) is 5.75 Å². The van der Waals surface area contributed by atoms with Crippen LogP contribution in [0.1, 0.15) is 29.6 Å². The number of piperidine rings is 1. The van der Waals surface area contributed by atoms with Crippen LogP contribution in [-0.4, -0.2) is 62.5 Å². The van der Waals surface area contributed by atoms with Gasteiger partial charge in [0.25, 0.3) is 5.91 Å². The Bertz CT molecular complexity index is 555. The molecule has 0 bridgehead atoms. The number of hydrogen-bond donors (Lipinski definition) is 1. The van der Waals surface area contributed by atoms with E-state index in [1.54, 1.807) is 19.2 Å². The Kier molecular flexibility index (Phi) is 5.38. The van der Waals surface area contributed by atoms with Crippen LogP contribution in [0.5, 0.6) is 5.75 Å². The van der Waals surface area contributed by atoms with Crippen LogP contribution in [0.25, 0.3) is 0 Å². The number of nitrogens with two attached hydrogens (primary N) is 1. The summed E-state index contributed by atoms with van der Waals surface area (Å²) in [6, 6.07) is 7.23. The normalized spacial score (nSPS) is 26.8. The molecule has 1 spiro atoms. The molecule has 0 unspecified atom stereocenters. The minimum atomic E-state index is -0.340. The van der Waals surface area contributed by atoms with Crippen molar-refractivity contribution < 1.29 is 19.0 Å². The van der Waals surface area contributed by atoms with Crippen molar-refractivity contribution in [2.45, 2.75) is 31.0 Å². The Morgan fingerprint density at radius 2 is 2.21 bits per heavy atom. The highest BCUT2D eigenvalue weighted by Crippen LogP contribution is 2.36. The van der Waals surface area contributed by atoms with Crippen LogP contribution in [-0.2, 0) is 9.47 Å². The van der Waals surface area contributed by atoms with Crippen LogP contribution in [0, 0.1) is 0 Å². The standard InChI is InChI=1S/C18H26N2O4/c1-22-16-7-10-20(13-18(16)8-2-11-24-18)17(21)14-3-5-15(6-4-14)23-12-9-19/h3-6,16H,2,7-13,19H2,1H3/t16-,18-/m0/s1. The molecule has 1 amide bonds. The fraction of sp³-hybridized carbons (Fsp3) is 0.611. The van der Waals surface area contributed by atoms with E-state index in [1.165, 1.54) is 0 Å². The van der Waals surface area contributed by atoms with Crippen molar-refractivity contribution in [1.82, 2.24) is 4.90 Å². The number of hydrogen-bond acceptors (Lipinski definition) is 5. The molecule has 2 aliphatic rings. The molecule has 2 fully saturated rings. The molecule has 24 heavy (non-hydrogen) atoms. The van der Waals surface area contributed by atoms with E-state index < -0.39 is 0 Å². The minimum absolute atomic E-state index is 0.0322. The van der Waals surface area contributed by atoms with Gasteiger partial charge in [-0.05, 0) is 43.5 Å². The van der Waals surface area contributed by atoms with E-state index in [0.29, 0.717) is 31.8 Å². The first-order valence-corrected chi connectivity index (χ1v) is 8.57. The highest BCUT2D eigenvalue weighted by molar-refractivity contribution is 5.94. The quantitative estimate of drug-likeness (QED) is 0.882. The summed E-state index contributed by atoms with van der Waals surface area (Å²) >= 11 is 0. The van der Waals surface area contributed by atoms with Crippen molar-refractivity contribution in [3.63, 3.8) is 0 Å². The summed E-state index contributed by atoms with van der Waals surface area (Å²) in [6.45, 7) is 2.97. The van der Waals surface area contributed by atoms with Crippen molar-refractivity contribution in [3.05, 3.63) is 29.8 Å². The first kappa shape index (κ1) is 17.2. The largest absolute Gasteiger partial charge is 0.492 e. The number of carbonyl (C=O) groups excluding carboxylic acids is 1. The highest BCUT2D eigenvalue weighted by atomic mass is 16.6. The number of rotatable bonds is 5. The lowest BCUT2D eigenvalue weighted by Gasteiger charge is -2.44. The first-order chi connectivity index (χ1) is 11.7. The second-order valence-corrected chi connectivity index (χ2v) is 6.42. The Balaban J connectivity index is 1.68. The lowest BCUT2D eigenvalue weighted by molar-refractivity contribution is -0.137. The van der Waals surface area contributed by atoms with E-state index in [-0.39, 0.29) is 17.6 Å². The zero-order valence-corrected chi connectivity index (χ0v) is 14.2. The van der Waals surface area contributed by atoms with Gasteiger partial charge in [0, 0.05) is 32.4 Å². The summed E-state index contributed by atoms with van der Waals surface area (Å²) in [5, 5.41) is 0. The lowest BCUT2D eigenvalue weighted by Crippen LogP contribution is -2.58. The zero-order chi connectivity index (χ0) is 17.0. The minimum Gasteiger partial charge on any atom is -0.492 e. The molecule has 2 atom stereocenters. The average Bonchev–Trinajstić information content (AvgIpc) is 3.08. The number of nitrogens with zero attached hydrogens (tertiary/aromatic N) is 1. The van der Waals surface area contributed by atoms with Crippen molar-refractivity contribution >= 4 is 5.91 Å². The van der Waals surface area contributed by atoms with E-state index in [2.05, 4.69) is 0 Å². The van der Waals surface area contributed by atoms with Crippen LogP contribution >= 0.6 is 0 Å². The molecular formula is C18H26N2O4. The summed E-state index contributed by atoms with van der Waals surface area (Å²) in [5.41, 5.74) is 5.75. The molecular weight excluding hydrogens is 308 g/mol. The fourth-order valence-electron chi connectivity index (χ4n) is 3.70. The third-order valence-electron chi connectivity index (χ3n) is 4.90. The van der Waals surface area contributed by atoms with Crippen LogP contribution in [0.4, 0.5) is 0 Å². The van der Waals surface area contributed by atoms with E-state index >= 15 is 0 Å². The monoisotopic (exact) mass is 334 g/mol. The lowest BCUT2D eigenvalue weighted by atomic mass is 9.86. The predicted molar refractivity (Wildman–Crippen MR) is 90.2 cm³/mol. The summed E-state index contributed by atoms with van der Waals surface area (Å²) in [4.78, 5) is 14.7. The Hall–Kier alpha value is -1.63. The number of benzene rings is 1. The number of carbonyl (C=O) groups is 1. The molecule has 2 aliphatic heterocycles. The van der Waals surface area contributed by atoms with Crippen molar-refractivity contribution in [1.29, 1.82) is 0 Å². The fourth-order valence-corrected chi connectivity index (χ4v) is 3.70. The number of ether oxygens (including phenoxy) is 3. The van der Waals surface area contributed by atoms with Crippen molar-refractivity contribution in [2.24, 2.45) is 5.73 Å². The highest BCUT2D eigenvalue weighted by Gasteiger charge is 2.48. The smallest absolute Gasteiger partial charge is 0.253 e. The molecule has 2 N–H and O–H groups in total. The predicted octanol–water partition coefficient (Wildman–Crippen LogP) is 1.43. The maximum absolute atomic E-state index is 12.8.